The summed E-state index contributed by atoms with van der Waals surface area (Å²) >= 11 is 0. The summed E-state index contributed by atoms with van der Waals surface area (Å²) in [5.41, 5.74) is 7.73. The summed E-state index contributed by atoms with van der Waals surface area (Å²) in [6, 6.07) is 6.33. The zero-order valence-corrected chi connectivity index (χ0v) is 13.6. The van der Waals surface area contributed by atoms with Crippen molar-refractivity contribution >= 4 is 5.69 Å². The molecule has 2 nitrogen and oxygen atoms in total. The van der Waals surface area contributed by atoms with E-state index in [1.54, 1.807) is 6.07 Å². The van der Waals surface area contributed by atoms with Gasteiger partial charge in [0.25, 0.3) is 0 Å². The Kier molecular flexibility index (Phi) is 5.63. The van der Waals surface area contributed by atoms with Gasteiger partial charge in [-0.25, -0.2) is 4.39 Å². The highest BCUT2D eigenvalue weighted by atomic mass is 19.1. The van der Waals surface area contributed by atoms with E-state index in [1.807, 2.05) is 12.1 Å². The summed E-state index contributed by atoms with van der Waals surface area (Å²) < 4.78 is 14.5. The van der Waals surface area contributed by atoms with Gasteiger partial charge in [-0.15, -0.1) is 0 Å². The van der Waals surface area contributed by atoms with E-state index in [4.69, 9.17) is 5.73 Å². The van der Waals surface area contributed by atoms with Gasteiger partial charge in [-0.3, -0.25) is 0 Å². The Morgan fingerprint density at radius 2 is 2.05 bits per heavy atom. The number of halogens is 1. The first-order valence-electron chi connectivity index (χ1n) is 8.31. The van der Waals surface area contributed by atoms with Gasteiger partial charge < -0.3 is 10.6 Å². The van der Waals surface area contributed by atoms with E-state index >= 15 is 0 Å². The molecule has 3 heteroatoms. The molecule has 0 aromatic heterocycles. The third kappa shape index (κ3) is 4.70. The van der Waals surface area contributed by atoms with Crippen molar-refractivity contribution < 1.29 is 4.39 Å². The molecular weight excluding hydrogens is 263 g/mol. The molecule has 0 bridgehead atoms. The monoisotopic (exact) mass is 292 g/mol. The molecule has 0 spiro atoms. The normalized spacial score (nSPS) is 16.3. The molecular formula is C18H29FN2. The number of benzene rings is 1. The number of nitrogens with zero attached hydrogens (tertiary/aromatic N) is 1. The largest absolute Gasteiger partial charge is 0.366 e. The highest BCUT2D eigenvalue weighted by Gasteiger charge is 2.30. The van der Waals surface area contributed by atoms with Crippen LogP contribution >= 0.6 is 0 Å². The Hall–Kier alpha value is -1.09. The molecule has 0 aliphatic heterocycles. The van der Waals surface area contributed by atoms with Crippen molar-refractivity contribution in [3.8, 4) is 0 Å². The van der Waals surface area contributed by atoms with Crippen molar-refractivity contribution in [1.82, 2.24) is 0 Å². The third-order valence-corrected chi connectivity index (χ3v) is 4.28. The Bertz CT molecular complexity index is 455. The summed E-state index contributed by atoms with van der Waals surface area (Å²) in [4.78, 5) is 2.26. The lowest BCUT2D eigenvalue weighted by Gasteiger charge is -2.26. The number of hydrogen-bond donors (Lipinski definition) is 1. The van der Waals surface area contributed by atoms with E-state index in [2.05, 4.69) is 25.7 Å². The van der Waals surface area contributed by atoms with Crippen LogP contribution in [0.1, 0.15) is 52.0 Å². The maximum atomic E-state index is 14.5. The second kappa shape index (κ2) is 7.26. The number of rotatable bonds is 8. The van der Waals surface area contributed by atoms with E-state index in [1.165, 1.54) is 12.8 Å². The standard InChI is InChI=1S/C18H29FN2/c1-4-15(20)11-14-5-8-18(17(19)12-14)21(16-6-7-16)10-9-13(2)3/h5,8,12-13,15-16H,4,6-7,9-11,20H2,1-3H3. The lowest BCUT2D eigenvalue weighted by atomic mass is 10.0. The molecule has 2 N–H and O–H groups in total. The summed E-state index contributed by atoms with van der Waals surface area (Å²) in [5, 5.41) is 0. The van der Waals surface area contributed by atoms with Crippen molar-refractivity contribution in [1.29, 1.82) is 0 Å². The maximum absolute atomic E-state index is 14.5. The number of nitrogens with two attached hydrogens (primary N) is 1. The van der Waals surface area contributed by atoms with Crippen LogP contribution in [0.25, 0.3) is 0 Å². The molecule has 1 aliphatic rings. The van der Waals surface area contributed by atoms with Crippen molar-refractivity contribution in [3.63, 3.8) is 0 Å². The molecule has 1 fully saturated rings. The molecule has 0 radical (unpaired) electrons. The van der Waals surface area contributed by atoms with Crippen LogP contribution in [0, 0.1) is 11.7 Å². The predicted octanol–water partition coefficient (Wildman–Crippen LogP) is 4.12. The molecule has 1 unspecified atom stereocenters. The lowest BCUT2D eigenvalue weighted by Crippen LogP contribution is -2.28. The van der Waals surface area contributed by atoms with E-state index < -0.39 is 0 Å². The van der Waals surface area contributed by atoms with Crippen LogP contribution in [-0.4, -0.2) is 18.6 Å². The minimum Gasteiger partial charge on any atom is -0.366 e. The molecule has 1 aromatic rings. The highest BCUT2D eigenvalue weighted by molar-refractivity contribution is 5.51. The van der Waals surface area contributed by atoms with Gasteiger partial charge in [0, 0.05) is 18.6 Å². The maximum Gasteiger partial charge on any atom is 0.146 e. The van der Waals surface area contributed by atoms with Crippen LogP contribution in [0.15, 0.2) is 18.2 Å². The van der Waals surface area contributed by atoms with Gasteiger partial charge in [0.15, 0.2) is 0 Å². The Balaban J connectivity index is 2.10. The second-order valence-corrected chi connectivity index (χ2v) is 6.77. The van der Waals surface area contributed by atoms with Crippen LogP contribution < -0.4 is 10.6 Å². The SMILES string of the molecule is CCC(N)Cc1ccc(N(CCC(C)C)C2CC2)c(F)c1. The molecule has 0 heterocycles. The summed E-state index contributed by atoms with van der Waals surface area (Å²) in [6.07, 6.45) is 5.17. The molecule has 0 amide bonds. The fourth-order valence-corrected chi connectivity index (χ4v) is 2.64. The second-order valence-electron chi connectivity index (χ2n) is 6.77. The zero-order valence-electron chi connectivity index (χ0n) is 13.6. The van der Waals surface area contributed by atoms with Crippen LogP contribution in [-0.2, 0) is 6.42 Å². The van der Waals surface area contributed by atoms with Gasteiger partial charge in [0.1, 0.15) is 5.82 Å². The predicted molar refractivity (Wildman–Crippen MR) is 88.2 cm³/mol. The van der Waals surface area contributed by atoms with Gasteiger partial charge in [0.05, 0.1) is 5.69 Å². The average Bonchev–Trinajstić information content (AvgIpc) is 3.25. The van der Waals surface area contributed by atoms with Crippen LogP contribution in [0.4, 0.5) is 10.1 Å². The summed E-state index contributed by atoms with van der Waals surface area (Å²) in [6.45, 7) is 7.45. The fraction of sp³-hybridized carbons (Fsp3) is 0.667. The molecule has 1 aliphatic carbocycles. The van der Waals surface area contributed by atoms with Crippen molar-refractivity contribution in [2.24, 2.45) is 11.7 Å². The first-order valence-corrected chi connectivity index (χ1v) is 8.31. The lowest BCUT2D eigenvalue weighted by molar-refractivity contribution is 0.557. The number of anilines is 1. The summed E-state index contributed by atoms with van der Waals surface area (Å²) in [5.74, 6) is 0.558. The van der Waals surface area contributed by atoms with E-state index in [9.17, 15) is 4.39 Å². The first kappa shape index (κ1) is 16.3. The topological polar surface area (TPSA) is 29.3 Å². The van der Waals surface area contributed by atoms with Crippen molar-refractivity contribution in [2.75, 3.05) is 11.4 Å². The molecule has 0 saturated heterocycles. The van der Waals surface area contributed by atoms with Crippen molar-refractivity contribution in [3.05, 3.63) is 29.6 Å². The molecule has 1 atom stereocenters. The minimum atomic E-state index is -0.0912. The van der Waals surface area contributed by atoms with Crippen LogP contribution in [0.3, 0.4) is 0 Å². The van der Waals surface area contributed by atoms with Crippen LogP contribution in [0.5, 0.6) is 0 Å². The molecule has 1 aromatic carbocycles. The van der Waals surface area contributed by atoms with Gasteiger partial charge in [-0.1, -0.05) is 26.8 Å². The average molecular weight is 292 g/mol. The highest BCUT2D eigenvalue weighted by Crippen LogP contribution is 2.34. The summed E-state index contributed by atoms with van der Waals surface area (Å²) in [7, 11) is 0. The van der Waals surface area contributed by atoms with E-state index in [0.717, 1.165) is 37.1 Å². The van der Waals surface area contributed by atoms with Crippen molar-refractivity contribution in [2.45, 2.75) is 65.0 Å². The molecule has 21 heavy (non-hydrogen) atoms. The van der Waals surface area contributed by atoms with Gasteiger partial charge >= 0.3 is 0 Å². The quantitative estimate of drug-likeness (QED) is 0.781. The first-order chi connectivity index (χ1) is 10.0. The number of hydrogen-bond acceptors (Lipinski definition) is 2. The van der Waals surface area contributed by atoms with Crippen LogP contribution in [0.2, 0.25) is 0 Å². The van der Waals surface area contributed by atoms with Gasteiger partial charge in [-0.2, -0.15) is 0 Å². The molecule has 118 valence electrons. The fourth-order valence-electron chi connectivity index (χ4n) is 2.64. The smallest absolute Gasteiger partial charge is 0.146 e. The Morgan fingerprint density at radius 3 is 2.57 bits per heavy atom. The zero-order chi connectivity index (χ0) is 15.4. The van der Waals surface area contributed by atoms with E-state index in [-0.39, 0.29) is 11.9 Å². The third-order valence-electron chi connectivity index (χ3n) is 4.28. The Labute approximate surface area is 128 Å². The van der Waals surface area contributed by atoms with Gasteiger partial charge in [-0.05, 0) is 55.7 Å². The Morgan fingerprint density at radius 1 is 1.33 bits per heavy atom. The minimum absolute atomic E-state index is 0.0912. The molecule has 1 saturated carbocycles. The van der Waals surface area contributed by atoms with E-state index in [0.29, 0.717) is 12.0 Å². The molecule has 2 rings (SSSR count). The van der Waals surface area contributed by atoms with Gasteiger partial charge in [0.2, 0.25) is 0 Å².